The van der Waals surface area contributed by atoms with Crippen LogP contribution in [-0.4, -0.2) is 26.4 Å². The molecule has 186 valence electrons. The van der Waals surface area contributed by atoms with Crippen LogP contribution in [0.5, 0.6) is 0 Å². The Hall–Kier alpha value is -3.79. The SMILES string of the molecule is Cc1cccc(NC(=O)CSc2nnc(CNc3cccc(C(F)(F)F)c3)n2-c2ccccc2)c1C. The Kier molecular flexibility index (Phi) is 7.64. The van der Waals surface area contributed by atoms with Gasteiger partial charge in [-0.3, -0.25) is 9.36 Å². The highest BCUT2D eigenvalue weighted by atomic mass is 32.2. The van der Waals surface area contributed by atoms with E-state index in [9.17, 15) is 18.0 Å². The average molecular weight is 512 g/mol. The Bertz CT molecular complexity index is 1360. The first-order valence-electron chi connectivity index (χ1n) is 11.1. The predicted molar refractivity (Wildman–Crippen MR) is 135 cm³/mol. The highest BCUT2D eigenvalue weighted by Crippen LogP contribution is 2.31. The fraction of sp³-hybridized carbons (Fsp3) is 0.192. The minimum absolute atomic E-state index is 0.111. The van der Waals surface area contributed by atoms with E-state index < -0.39 is 11.7 Å². The van der Waals surface area contributed by atoms with Gasteiger partial charge in [-0.15, -0.1) is 10.2 Å². The number of aromatic nitrogens is 3. The van der Waals surface area contributed by atoms with Crippen LogP contribution in [0, 0.1) is 13.8 Å². The number of aryl methyl sites for hydroxylation is 1. The third-order valence-corrected chi connectivity index (χ3v) is 6.50. The second-order valence-electron chi connectivity index (χ2n) is 8.09. The lowest BCUT2D eigenvalue weighted by molar-refractivity contribution is -0.137. The van der Waals surface area contributed by atoms with Gasteiger partial charge < -0.3 is 10.6 Å². The van der Waals surface area contributed by atoms with Crippen molar-refractivity contribution in [2.24, 2.45) is 0 Å². The molecule has 0 unspecified atom stereocenters. The minimum atomic E-state index is -4.43. The largest absolute Gasteiger partial charge is 0.416 e. The van der Waals surface area contributed by atoms with Crippen LogP contribution in [0.25, 0.3) is 5.69 Å². The third kappa shape index (κ3) is 6.06. The molecular weight excluding hydrogens is 487 g/mol. The zero-order chi connectivity index (χ0) is 25.7. The van der Waals surface area contributed by atoms with E-state index >= 15 is 0 Å². The molecule has 0 atom stereocenters. The molecule has 1 amide bonds. The lowest BCUT2D eigenvalue weighted by Crippen LogP contribution is -2.16. The monoisotopic (exact) mass is 511 g/mol. The molecule has 4 rings (SSSR count). The Morgan fingerprint density at radius 3 is 2.47 bits per heavy atom. The molecule has 1 heterocycles. The summed E-state index contributed by atoms with van der Waals surface area (Å²) in [5.74, 6) is 0.426. The van der Waals surface area contributed by atoms with E-state index in [1.54, 1.807) is 10.6 Å². The minimum Gasteiger partial charge on any atom is -0.378 e. The summed E-state index contributed by atoms with van der Waals surface area (Å²) in [4.78, 5) is 12.6. The van der Waals surface area contributed by atoms with Crippen molar-refractivity contribution in [2.45, 2.75) is 31.7 Å². The Balaban J connectivity index is 1.51. The smallest absolute Gasteiger partial charge is 0.378 e. The molecule has 36 heavy (non-hydrogen) atoms. The van der Waals surface area contributed by atoms with Crippen molar-refractivity contribution in [3.05, 3.63) is 95.3 Å². The highest BCUT2D eigenvalue weighted by molar-refractivity contribution is 7.99. The summed E-state index contributed by atoms with van der Waals surface area (Å²) in [5.41, 5.74) is 3.21. The topological polar surface area (TPSA) is 71.8 Å². The van der Waals surface area contributed by atoms with Gasteiger partial charge in [0.1, 0.15) is 0 Å². The number of rotatable bonds is 8. The third-order valence-electron chi connectivity index (χ3n) is 5.57. The van der Waals surface area contributed by atoms with Crippen LogP contribution in [0.3, 0.4) is 0 Å². The van der Waals surface area contributed by atoms with Crippen molar-refractivity contribution >= 4 is 29.0 Å². The van der Waals surface area contributed by atoms with E-state index in [-0.39, 0.29) is 18.2 Å². The van der Waals surface area contributed by atoms with Crippen LogP contribution < -0.4 is 10.6 Å². The molecule has 2 N–H and O–H groups in total. The van der Waals surface area contributed by atoms with Gasteiger partial charge in [0, 0.05) is 17.1 Å². The summed E-state index contributed by atoms with van der Waals surface area (Å²) in [6, 6.07) is 20.1. The number of amides is 1. The van der Waals surface area contributed by atoms with Crippen LogP contribution in [0.2, 0.25) is 0 Å². The summed E-state index contributed by atoms with van der Waals surface area (Å²) in [6.45, 7) is 4.07. The van der Waals surface area contributed by atoms with Crippen LogP contribution in [0.15, 0.2) is 78.0 Å². The molecular formula is C26H24F3N5OS. The van der Waals surface area contributed by atoms with Gasteiger partial charge in [-0.2, -0.15) is 13.2 Å². The fourth-order valence-corrected chi connectivity index (χ4v) is 4.30. The van der Waals surface area contributed by atoms with E-state index in [0.29, 0.717) is 16.7 Å². The van der Waals surface area contributed by atoms with Gasteiger partial charge in [-0.05, 0) is 61.4 Å². The number of benzene rings is 3. The summed E-state index contributed by atoms with van der Waals surface area (Å²) < 4.78 is 41.0. The number of thioether (sulfide) groups is 1. The molecule has 0 aliphatic heterocycles. The Labute approximate surface area is 211 Å². The second kappa shape index (κ2) is 10.9. The number of nitrogens with zero attached hydrogens (tertiary/aromatic N) is 3. The van der Waals surface area contributed by atoms with E-state index in [1.165, 1.54) is 17.8 Å². The molecule has 6 nitrogen and oxygen atoms in total. The van der Waals surface area contributed by atoms with Gasteiger partial charge >= 0.3 is 6.18 Å². The maximum atomic E-state index is 13.1. The number of hydrogen-bond acceptors (Lipinski definition) is 5. The van der Waals surface area contributed by atoms with Crippen LogP contribution >= 0.6 is 11.8 Å². The van der Waals surface area contributed by atoms with Gasteiger partial charge in [0.25, 0.3) is 0 Å². The molecule has 0 radical (unpaired) electrons. The van der Waals surface area contributed by atoms with E-state index in [1.807, 2.05) is 62.4 Å². The number of halogens is 3. The maximum Gasteiger partial charge on any atom is 0.416 e. The van der Waals surface area contributed by atoms with Gasteiger partial charge in [-0.1, -0.05) is 48.2 Å². The highest BCUT2D eigenvalue weighted by Gasteiger charge is 2.30. The number of nitrogens with one attached hydrogen (secondary N) is 2. The van der Waals surface area contributed by atoms with Crippen LogP contribution in [-0.2, 0) is 17.5 Å². The predicted octanol–water partition coefficient (Wildman–Crippen LogP) is 6.25. The number of carbonyl (C=O) groups excluding carboxylic acids is 1. The molecule has 3 aromatic carbocycles. The maximum absolute atomic E-state index is 13.1. The van der Waals surface area contributed by atoms with Gasteiger partial charge in [-0.25, -0.2) is 0 Å². The van der Waals surface area contributed by atoms with Crippen molar-refractivity contribution < 1.29 is 18.0 Å². The summed E-state index contributed by atoms with van der Waals surface area (Å²) in [6.07, 6.45) is -4.43. The Morgan fingerprint density at radius 2 is 1.72 bits per heavy atom. The van der Waals surface area contributed by atoms with Crippen molar-refractivity contribution in [2.75, 3.05) is 16.4 Å². The lowest BCUT2D eigenvalue weighted by atomic mass is 10.1. The number of anilines is 2. The first-order chi connectivity index (χ1) is 17.2. The number of alkyl halides is 3. The van der Waals surface area contributed by atoms with E-state index in [0.717, 1.165) is 34.6 Å². The number of para-hydroxylation sites is 1. The van der Waals surface area contributed by atoms with Gasteiger partial charge in [0.2, 0.25) is 5.91 Å². The van der Waals surface area contributed by atoms with E-state index in [2.05, 4.69) is 20.8 Å². The molecule has 0 bridgehead atoms. The molecule has 4 aromatic rings. The molecule has 10 heteroatoms. The summed E-state index contributed by atoms with van der Waals surface area (Å²) in [5, 5.41) is 14.9. The van der Waals surface area contributed by atoms with Crippen LogP contribution in [0.4, 0.5) is 24.5 Å². The molecule has 0 fully saturated rings. The number of hydrogen-bond donors (Lipinski definition) is 2. The lowest BCUT2D eigenvalue weighted by Gasteiger charge is -2.13. The molecule has 0 saturated heterocycles. The van der Waals surface area contributed by atoms with Crippen molar-refractivity contribution in [3.8, 4) is 5.69 Å². The second-order valence-corrected chi connectivity index (χ2v) is 9.03. The Morgan fingerprint density at radius 1 is 0.972 bits per heavy atom. The zero-order valence-electron chi connectivity index (χ0n) is 19.6. The summed E-state index contributed by atoms with van der Waals surface area (Å²) in [7, 11) is 0. The standard InChI is InChI=1S/C26H24F3N5OS/c1-17-8-6-13-22(18(17)2)31-24(35)16-36-25-33-32-23(34(25)21-11-4-3-5-12-21)15-30-20-10-7-9-19(14-20)26(27,28)29/h3-14,30H,15-16H2,1-2H3,(H,31,35). The quantitative estimate of drug-likeness (QED) is 0.274. The van der Waals surface area contributed by atoms with Crippen molar-refractivity contribution in [3.63, 3.8) is 0 Å². The van der Waals surface area contributed by atoms with Gasteiger partial charge in [0.15, 0.2) is 11.0 Å². The molecule has 0 saturated carbocycles. The fourth-order valence-electron chi connectivity index (χ4n) is 3.53. The number of carbonyl (C=O) groups is 1. The first-order valence-corrected chi connectivity index (χ1v) is 12.1. The van der Waals surface area contributed by atoms with Crippen molar-refractivity contribution in [1.82, 2.24) is 14.8 Å². The molecule has 0 aliphatic rings. The normalized spacial score (nSPS) is 11.4. The molecule has 1 aromatic heterocycles. The van der Waals surface area contributed by atoms with Gasteiger partial charge in [0.05, 0.1) is 17.9 Å². The zero-order valence-corrected chi connectivity index (χ0v) is 20.5. The van der Waals surface area contributed by atoms with Crippen molar-refractivity contribution in [1.29, 1.82) is 0 Å². The average Bonchev–Trinajstić information content (AvgIpc) is 3.27. The summed E-state index contributed by atoms with van der Waals surface area (Å²) >= 11 is 1.23. The van der Waals surface area contributed by atoms with E-state index in [4.69, 9.17) is 0 Å². The first kappa shape index (κ1) is 25.3. The molecule has 0 aliphatic carbocycles. The molecule has 0 spiro atoms. The van der Waals surface area contributed by atoms with Crippen LogP contribution in [0.1, 0.15) is 22.5 Å².